The molecule has 0 saturated carbocycles. The molecule has 9 heteroatoms. The lowest BCUT2D eigenvalue weighted by Gasteiger charge is -2.16. The van der Waals surface area contributed by atoms with Crippen LogP contribution in [0.4, 0.5) is 11.4 Å². The van der Waals surface area contributed by atoms with Crippen LogP contribution in [0.5, 0.6) is 0 Å². The molecule has 2 heterocycles. The third kappa shape index (κ3) is 3.35. The van der Waals surface area contributed by atoms with Gasteiger partial charge in [-0.05, 0) is 42.5 Å². The number of amides is 3. The Bertz CT molecular complexity index is 1200. The first-order valence-electron chi connectivity index (χ1n) is 8.27. The molecule has 6 nitrogen and oxygen atoms in total. The summed E-state index contributed by atoms with van der Waals surface area (Å²) < 4.78 is 0. The van der Waals surface area contributed by atoms with Crippen LogP contribution in [-0.2, 0) is 0 Å². The molecule has 1 N–H and O–H groups in total. The van der Waals surface area contributed by atoms with Crippen molar-refractivity contribution in [2.24, 2.45) is 0 Å². The third-order valence-electron chi connectivity index (χ3n) is 4.31. The zero-order valence-electron chi connectivity index (χ0n) is 14.4. The van der Waals surface area contributed by atoms with Crippen molar-refractivity contribution in [3.05, 3.63) is 86.6 Å². The predicted molar refractivity (Wildman–Crippen MR) is 111 cm³/mol. The van der Waals surface area contributed by atoms with Gasteiger partial charge in [-0.15, -0.1) is 0 Å². The van der Waals surface area contributed by atoms with Crippen LogP contribution in [-0.4, -0.2) is 22.7 Å². The standard InChI is InChI=1S/C20H10Cl3N3O3/c21-13-5-1-3-11-16(13)20(29)26(19(11)28)15-7-6-10(9-14(15)22)25-18(27)12-4-2-8-24-17(12)23/h1-9H,(H,25,27). The summed E-state index contributed by atoms with van der Waals surface area (Å²) in [7, 11) is 0. The number of fused-ring (bicyclic) bond motifs is 1. The number of rotatable bonds is 3. The van der Waals surface area contributed by atoms with Crippen LogP contribution < -0.4 is 10.2 Å². The predicted octanol–water partition coefficient (Wildman–Crippen LogP) is 5.09. The van der Waals surface area contributed by atoms with Crippen LogP contribution in [0.1, 0.15) is 31.1 Å². The highest BCUT2D eigenvalue weighted by Gasteiger charge is 2.39. The molecule has 0 spiro atoms. The molecule has 0 unspecified atom stereocenters. The number of anilines is 2. The lowest BCUT2D eigenvalue weighted by atomic mass is 10.1. The molecule has 0 atom stereocenters. The topological polar surface area (TPSA) is 79.4 Å². The largest absolute Gasteiger partial charge is 0.322 e. The summed E-state index contributed by atoms with van der Waals surface area (Å²) in [6.45, 7) is 0. The Balaban J connectivity index is 1.63. The van der Waals surface area contributed by atoms with Crippen molar-refractivity contribution in [2.75, 3.05) is 10.2 Å². The maximum absolute atomic E-state index is 12.7. The van der Waals surface area contributed by atoms with E-state index in [0.29, 0.717) is 5.69 Å². The van der Waals surface area contributed by atoms with Crippen LogP contribution in [0, 0.1) is 0 Å². The zero-order valence-corrected chi connectivity index (χ0v) is 16.7. The van der Waals surface area contributed by atoms with Crippen molar-refractivity contribution in [1.29, 1.82) is 0 Å². The molecule has 1 aliphatic rings. The molecular formula is C20H10Cl3N3O3. The van der Waals surface area contributed by atoms with Gasteiger partial charge in [0.15, 0.2) is 0 Å². The smallest absolute Gasteiger partial charge is 0.267 e. The first kappa shape index (κ1) is 19.4. The number of pyridine rings is 1. The van der Waals surface area contributed by atoms with Crippen LogP contribution in [0.25, 0.3) is 0 Å². The molecule has 1 aliphatic heterocycles. The number of halogens is 3. The quantitative estimate of drug-likeness (QED) is 0.449. The first-order valence-corrected chi connectivity index (χ1v) is 9.40. The highest BCUT2D eigenvalue weighted by molar-refractivity contribution is 6.44. The minimum Gasteiger partial charge on any atom is -0.322 e. The summed E-state index contributed by atoms with van der Waals surface area (Å²) in [5, 5.41) is 3.01. The summed E-state index contributed by atoms with van der Waals surface area (Å²) in [6, 6.07) is 12.2. The van der Waals surface area contributed by atoms with Gasteiger partial charge in [-0.2, -0.15) is 0 Å². The summed E-state index contributed by atoms with van der Waals surface area (Å²) in [4.78, 5) is 42.6. The van der Waals surface area contributed by atoms with Crippen molar-refractivity contribution in [2.45, 2.75) is 0 Å². The van der Waals surface area contributed by atoms with Crippen LogP contribution in [0.3, 0.4) is 0 Å². The summed E-state index contributed by atoms with van der Waals surface area (Å²) in [6.07, 6.45) is 1.47. The van der Waals surface area contributed by atoms with Crippen molar-refractivity contribution >= 4 is 63.9 Å². The van der Waals surface area contributed by atoms with Gasteiger partial charge < -0.3 is 5.32 Å². The van der Waals surface area contributed by atoms with Gasteiger partial charge >= 0.3 is 0 Å². The second-order valence-corrected chi connectivity index (χ2v) is 7.24. The first-order chi connectivity index (χ1) is 13.9. The summed E-state index contributed by atoms with van der Waals surface area (Å²) in [5.74, 6) is -1.55. The SMILES string of the molecule is O=C(Nc1ccc(N2C(=O)c3cccc(Cl)c3C2=O)c(Cl)c1)c1cccnc1Cl. The molecule has 29 heavy (non-hydrogen) atoms. The van der Waals surface area contributed by atoms with E-state index in [1.807, 2.05) is 0 Å². The van der Waals surface area contributed by atoms with Crippen molar-refractivity contribution in [3.63, 3.8) is 0 Å². The molecule has 3 amide bonds. The number of imide groups is 1. The van der Waals surface area contributed by atoms with Gasteiger partial charge in [0.2, 0.25) is 0 Å². The highest BCUT2D eigenvalue weighted by Crippen LogP contribution is 2.37. The Kier molecular flexibility index (Phi) is 5.00. The average molecular weight is 447 g/mol. The number of nitrogens with zero attached hydrogens (tertiary/aromatic N) is 2. The summed E-state index contributed by atoms with van der Waals surface area (Å²) in [5.41, 5.74) is 1.09. The van der Waals surface area contributed by atoms with E-state index >= 15 is 0 Å². The Morgan fingerprint density at radius 2 is 1.72 bits per heavy atom. The van der Waals surface area contributed by atoms with Crippen LogP contribution in [0.2, 0.25) is 15.2 Å². The fourth-order valence-electron chi connectivity index (χ4n) is 2.98. The minimum absolute atomic E-state index is 0.0654. The molecule has 0 saturated heterocycles. The Labute approximate surface area is 180 Å². The zero-order chi connectivity index (χ0) is 20.7. The number of hydrogen-bond donors (Lipinski definition) is 1. The molecule has 1 aromatic heterocycles. The Morgan fingerprint density at radius 3 is 2.41 bits per heavy atom. The molecule has 144 valence electrons. The van der Waals surface area contributed by atoms with E-state index in [0.717, 1.165) is 4.90 Å². The van der Waals surface area contributed by atoms with E-state index in [9.17, 15) is 14.4 Å². The van der Waals surface area contributed by atoms with E-state index < -0.39 is 17.7 Å². The van der Waals surface area contributed by atoms with Crippen molar-refractivity contribution in [3.8, 4) is 0 Å². The second-order valence-electron chi connectivity index (χ2n) is 6.07. The molecule has 3 aromatic rings. The van der Waals surface area contributed by atoms with E-state index in [-0.39, 0.29) is 37.6 Å². The van der Waals surface area contributed by atoms with Gasteiger partial charge in [0, 0.05) is 11.9 Å². The van der Waals surface area contributed by atoms with E-state index in [1.54, 1.807) is 18.2 Å². The average Bonchev–Trinajstić information content (AvgIpc) is 2.94. The second kappa shape index (κ2) is 7.48. The van der Waals surface area contributed by atoms with Crippen LogP contribution >= 0.6 is 34.8 Å². The normalized spacial score (nSPS) is 12.9. The molecule has 0 radical (unpaired) electrons. The van der Waals surface area contributed by atoms with E-state index in [2.05, 4.69) is 10.3 Å². The number of hydrogen-bond acceptors (Lipinski definition) is 4. The van der Waals surface area contributed by atoms with Gasteiger partial charge in [0.05, 0.1) is 32.4 Å². The highest BCUT2D eigenvalue weighted by atomic mass is 35.5. The molecule has 0 bridgehead atoms. The lowest BCUT2D eigenvalue weighted by Crippen LogP contribution is -2.29. The molecular weight excluding hydrogens is 437 g/mol. The van der Waals surface area contributed by atoms with Gasteiger partial charge in [0.25, 0.3) is 17.7 Å². The molecule has 0 aliphatic carbocycles. The fraction of sp³-hybridized carbons (Fsp3) is 0. The Hall–Kier alpha value is -2.93. The Morgan fingerprint density at radius 1 is 0.931 bits per heavy atom. The number of nitrogens with one attached hydrogen (secondary N) is 1. The third-order valence-corrected chi connectivity index (χ3v) is 5.23. The maximum Gasteiger partial charge on any atom is 0.267 e. The summed E-state index contributed by atoms with van der Waals surface area (Å²) >= 11 is 18.3. The van der Waals surface area contributed by atoms with E-state index in [1.165, 1.54) is 36.5 Å². The van der Waals surface area contributed by atoms with Crippen LogP contribution in [0.15, 0.2) is 54.7 Å². The molecule has 0 fully saturated rings. The van der Waals surface area contributed by atoms with Crippen molar-refractivity contribution < 1.29 is 14.4 Å². The monoisotopic (exact) mass is 445 g/mol. The number of benzene rings is 2. The van der Waals surface area contributed by atoms with Gasteiger partial charge in [-0.25, -0.2) is 9.88 Å². The number of carbonyl (C=O) groups is 3. The molecule has 2 aromatic carbocycles. The van der Waals surface area contributed by atoms with E-state index in [4.69, 9.17) is 34.8 Å². The molecule has 4 rings (SSSR count). The number of carbonyl (C=O) groups excluding carboxylic acids is 3. The van der Waals surface area contributed by atoms with Crippen molar-refractivity contribution in [1.82, 2.24) is 4.98 Å². The van der Waals surface area contributed by atoms with Gasteiger partial charge in [0.1, 0.15) is 5.15 Å². The minimum atomic E-state index is -0.559. The van der Waals surface area contributed by atoms with Gasteiger partial charge in [-0.1, -0.05) is 40.9 Å². The fourth-order valence-corrected chi connectivity index (χ4v) is 3.71. The van der Waals surface area contributed by atoms with Gasteiger partial charge in [-0.3, -0.25) is 14.4 Å². The lowest BCUT2D eigenvalue weighted by molar-refractivity contribution is 0.0925. The maximum atomic E-state index is 12.7. The number of aromatic nitrogens is 1.